The molecule has 1 rings (SSSR count). The van der Waals surface area contributed by atoms with E-state index in [0.29, 0.717) is 5.56 Å². The number of carbonyl (C=O) groups excluding carboxylic acids is 1. The summed E-state index contributed by atoms with van der Waals surface area (Å²) in [5, 5.41) is 10.8. The van der Waals surface area contributed by atoms with E-state index < -0.39 is 26.8 Å². The van der Waals surface area contributed by atoms with Gasteiger partial charge in [-0.1, -0.05) is 12.1 Å². The van der Waals surface area contributed by atoms with E-state index in [1.807, 2.05) is 0 Å². The average Bonchev–Trinajstić information content (AvgIpc) is 2.37. The Hall–Kier alpha value is -1.40. The standard InChI is InChI=1S/C15H22O5S/c1-6-20-13(16)14(2,3)15(4,17)11-7-9-12(10-8-11)21(5,18)19/h7-10,17H,6H2,1-5H3. The predicted octanol–water partition coefficient (Wildman–Crippen LogP) is 1.89. The number of sulfone groups is 1. The van der Waals surface area contributed by atoms with Gasteiger partial charge >= 0.3 is 5.97 Å². The quantitative estimate of drug-likeness (QED) is 0.839. The molecule has 0 saturated carbocycles. The van der Waals surface area contributed by atoms with Crippen LogP contribution in [0.5, 0.6) is 0 Å². The number of benzene rings is 1. The Morgan fingerprint density at radius 1 is 1.19 bits per heavy atom. The summed E-state index contributed by atoms with van der Waals surface area (Å²) in [5.74, 6) is -0.512. The van der Waals surface area contributed by atoms with Gasteiger partial charge in [0, 0.05) is 6.26 Å². The normalized spacial score (nSPS) is 15.3. The fourth-order valence-corrected chi connectivity index (χ4v) is 2.53. The molecule has 0 fully saturated rings. The highest BCUT2D eigenvalue weighted by Gasteiger charge is 2.47. The van der Waals surface area contributed by atoms with Crippen molar-refractivity contribution in [2.24, 2.45) is 5.41 Å². The van der Waals surface area contributed by atoms with Crippen LogP contribution in [0, 0.1) is 5.41 Å². The van der Waals surface area contributed by atoms with Gasteiger partial charge in [0.1, 0.15) is 5.60 Å². The maximum absolute atomic E-state index is 12.0. The minimum absolute atomic E-state index is 0.163. The first-order chi connectivity index (χ1) is 9.44. The number of esters is 1. The third-order valence-electron chi connectivity index (χ3n) is 3.85. The molecule has 6 heteroatoms. The van der Waals surface area contributed by atoms with Crippen LogP contribution in [-0.4, -0.2) is 32.4 Å². The number of aliphatic hydroxyl groups is 1. The minimum Gasteiger partial charge on any atom is -0.465 e. The number of hydrogen-bond acceptors (Lipinski definition) is 5. The van der Waals surface area contributed by atoms with Crippen molar-refractivity contribution in [3.05, 3.63) is 29.8 Å². The van der Waals surface area contributed by atoms with Gasteiger partial charge < -0.3 is 9.84 Å². The Labute approximate surface area is 125 Å². The second-order valence-electron chi connectivity index (χ2n) is 5.71. The zero-order chi connectivity index (χ0) is 16.5. The van der Waals surface area contributed by atoms with Gasteiger partial charge in [0.2, 0.25) is 0 Å². The molecule has 1 aromatic carbocycles. The summed E-state index contributed by atoms with van der Waals surface area (Å²) in [6.45, 7) is 6.62. The second kappa shape index (κ2) is 5.77. The van der Waals surface area contributed by atoms with Gasteiger partial charge in [0.15, 0.2) is 9.84 Å². The maximum atomic E-state index is 12.0. The van der Waals surface area contributed by atoms with E-state index in [2.05, 4.69) is 0 Å². The Morgan fingerprint density at radius 3 is 2.05 bits per heavy atom. The van der Waals surface area contributed by atoms with E-state index in [1.54, 1.807) is 20.8 Å². The van der Waals surface area contributed by atoms with Gasteiger partial charge in [-0.2, -0.15) is 0 Å². The van der Waals surface area contributed by atoms with E-state index in [0.717, 1.165) is 6.26 Å². The summed E-state index contributed by atoms with van der Waals surface area (Å²) in [5.41, 5.74) is -2.21. The molecule has 0 spiro atoms. The SMILES string of the molecule is CCOC(=O)C(C)(C)C(C)(O)c1ccc(S(C)(=O)=O)cc1. The number of ether oxygens (including phenoxy) is 1. The largest absolute Gasteiger partial charge is 0.465 e. The molecule has 0 amide bonds. The predicted molar refractivity (Wildman–Crippen MR) is 79.5 cm³/mol. The van der Waals surface area contributed by atoms with Crippen LogP contribution in [0.4, 0.5) is 0 Å². The zero-order valence-corrected chi connectivity index (χ0v) is 13.8. The topological polar surface area (TPSA) is 80.7 Å². The molecule has 21 heavy (non-hydrogen) atoms. The molecule has 0 bridgehead atoms. The molecular formula is C15H22O5S. The summed E-state index contributed by atoms with van der Waals surface area (Å²) in [7, 11) is -3.30. The molecule has 0 aliphatic rings. The van der Waals surface area contributed by atoms with Crippen molar-refractivity contribution in [2.75, 3.05) is 12.9 Å². The molecule has 0 heterocycles. The molecule has 118 valence electrons. The molecule has 0 aliphatic carbocycles. The molecule has 5 nitrogen and oxygen atoms in total. The molecule has 0 aromatic heterocycles. The molecule has 1 N–H and O–H groups in total. The van der Waals surface area contributed by atoms with Gasteiger partial charge in [-0.05, 0) is 45.4 Å². The molecule has 1 atom stereocenters. The second-order valence-corrected chi connectivity index (χ2v) is 7.73. The fourth-order valence-electron chi connectivity index (χ4n) is 1.90. The van der Waals surface area contributed by atoms with Crippen LogP contribution < -0.4 is 0 Å². The summed E-state index contributed by atoms with van der Waals surface area (Å²) in [6.07, 6.45) is 1.11. The fraction of sp³-hybridized carbons (Fsp3) is 0.533. The monoisotopic (exact) mass is 314 g/mol. The van der Waals surface area contributed by atoms with Crippen molar-refractivity contribution in [2.45, 2.75) is 38.2 Å². The van der Waals surface area contributed by atoms with Crippen LogP contribution in [0.3, 0.4) is 0 Å². The van der Waals surface area contributed by atoms with E-state index in [9.17, 15) is 18.3 Å². The van der Waals surface area contributed by atoms with E-state index in [1.165, 1.54) is 31.2 Å². The molecule has 1 aromatic rings. The molecule has 0 aliphatic heterocycles. The van der Waals surface area contributed by atoms with Crippen molar-refractivity contribution < 1.29 is 23.1 Å². The lowest BCUT2D eigenvalue weighted by molar-refractivity contribution is -0.170. The van der Waals surface area contributed by atoms with Crippen molar-refractivity contribution in [1.82, 2.24) is 0 Å². The Bertz CT molecular complexity index is 612. The Kier molecular flexibility index (Phi) is 4.85. The van der Waals surface area contributed by atoms with Gasteiger partial charge in [-0.3, -0.25) is 4.79 Å². The third-order valence-corrected chi connectivity index (χ3v) is 4.98. The van der Waals surface area contributed by atoms with Crippen LogP contribution in [0.25, 0.3) is 0 Å². The lowest BCUT2D eigenvalue weighted by Crippen LogP contribution is -2.46. The van der Waals surface area contributed by atoms with Crippen LogP contribution >= 0.6 is 0 Å². The average molecular weight is 314 g/mol. The van der Waals surface area contributed by atoms with Crippen LogP contribution in [0.2, 0.25) is 0 Å². The maximum Gasteiger partial charge on any atom is 0.314 e. The first-order valence-corrected chi connectivity index (χ1v) is 8.54. The summed E-state index contributed by atoms with van der Waals surface area (Å²) < 4.78 is 27.9. The number of rotatable bonds is 5. The molecule has 0 radical (unpaired) electrons. The van der Waals surface area contributed by atoms with Crippen molar-refractivity contribution in [3.63, 3.8) is 0 Å². The lowest BCUT2D eigenvalue weighted by Gasteiger charge is -2.38. The number of carbonyl (C=O) groups is 1. The van der Waals surface area contributed by atoms with Gasteiger partial charge in [-0.15, -0.1) is 0 Å². The minimum atomic E-state index is -3.30. The van der Waals surface area contributed by atoms with Gasteiger partial charge in [0.05, 0.1) is 16.9 Å². The van der Waals surface area contributed by atoms with Crippen molar-refractivity contribution in [1.29, 1.82) is 0 Å². The molecule has 1 unspecified atom stereocenters. The highest BCUT2D eigenvalue weighted by molar-refractivity contribution is 7.90. The lowest BCUT2D eigenvalue weighted by atomic mass is 9.72. The van der Waals surface area contributed by atoms with E-state index in [-0.39, 0.29) is 11.5 Å². The van der Waals surface area contributed by atoms with Crippen molar-refractivity contribution in [3.8, 4) is 0 Å². The van der Waals surface area contributed by atoms with Crippen LogP contribution in [0.1, 0.15) is 33.3 Å². The molecule has 0 saturated heterocycles. The highest BCUT2D eigenvalue weighted by atomic mass is 32.2. The Morgan fingerprint density at radius 2 is 1.67 bits per heavy atom. The zero-order valence-electron chi connectivity index (χ0n) is 13.0. The summed E-state index contributed by atoms with van der Waals surface area (Å²) in [6, 6.07) is 5.86. The highest BCUT2D eigenvalue weighted by Crippen LogP contribution is 2.40. The first kappa shape index (κ1) is 17.7. The van der Waals surface area contributed by atoms with Crippen LogP contribution in [-0.2, 0) is 25.0 Å². The van der Waals surface area contributed by atoms with Gasteiger partial charge in [0.25, 0.3) is 0 Å². The third kappa shape index (κ3) is 3.44. The molecular weight excluding hydrogens is 292 g/mol. The Balaban J connectivity index is 3.21. The first-order valence-electron chi connectivity index (χ1n) is 6.64. The van der Waals surface area contributed by atoms with Crippen molar-refractivity contribution >= 4 is 15.8 Å². The van der Waals surface area contributed by atoms with E-state index >= 15 is 0 Å². The van der Waals surface area contributed by atoms with Gasteiger partial charge in [-0.25, -0.2) is 8.42 Å². The summed E-state index contributed by atoms with van der Waals surface area (Å²) in [4.78, 5) is 12.2. The number of hydrogen-bond donors (Lipinski definition) is 1. The summed E-state index contributed by atoms with van der Waals surface area (Å²) >= 11 is 0. The van der Waals surface area contributed by atoms with Crippen LogP contribution in [0.15, 0.2) is 29.2 Å². The smallest absolute Gasteiger partial charge is 0.314 e. The van der Waals surface area contributed by atoms with E-state index in [4.69, 9.17) is 4.74 Å².